The van der Waals surface area contributed by atoms with E-state index in [2.05, 4.69) is 10.5 Å². The Balaban J connectivity index is 4.86. The predicted molar refractivity (Wildman–Crippen MR) is 67.7 cm³/mol. The Morgan fingerprint density at radius 1 is 1.50 bits per heavy atom. The van der Waals surface area contributed by atoms with Crippen LogP contribution >= 0.6 is 0 Å². The van der Waals surface area contributed by atoms with Crippen molar-refractivity contribution in [3.8, 4) is 0 Å². The minimum atomic E-state index is -0.795. The molecule has 0 saturated heterocycles. The van der Waals surface area contributed by atoms with Gasteiger partial charge in [-0.2, -0.15) is 4.91 Å². The molecular weight excluding hydrogens is 238 g/mol. The smallest absolute Gasteiger partial charge is 0.233 e. The van der Waals surface area contributed by atoms with Gasteiger partial charge in [0, 0.05) is 30.4 Å². The average molecular weight is 257 g/mol. The summed E-state index contributed by atoms with van der Waals surface area (Å²) in [5.74, 6) is -0.267. The van der Waals surface area contributed by atoms with Gasteiger partial charge in [-0.25, -0.2) is 0 Å². The quantitative estimate of drug-likeness (QED) is 0.309. The standard InChI is InChI=1S/C11H19N3O4/c1-4-9(11(5-2)14(17)18)6-10(13-16)7-12-8(3)15/h6,10-11H,4-5,7H2,1-3H3,(H,12,15). The Bertz CT molecular complexity index is 341. The van der Waals surface area contributed by atoms with E-state index in [9.17, 15) is 19.8 Å². The second kappa shape index (κ2) is 8.32. The van der Waals surface area contributed by atoms with Crippen LogP contribution < -0.4 is 5.32 Å². The summed E-state index contributed by atoms with van der Waals surface area (Å²) >= 11 is 0. The van der Waals surface area contributed by atoms with Gasteiger partial charge in [-0.3, -0.25) is 14.9 Å². The van der Waals surface area contributed by atoms with Crippen LogP contribution in [0.25, 0.3) is 0 Å². The van der Waals surface area contributed by atoms with Gasteiger partial charge in [-0.15, -0.1) is 0 Å². The molecule has 0 heterocycles. The van der Waals surface area contributed by atoms with Gasteiger partial charge in [0.15, 0.2) is 0 Å². The van der Waals surface area contributed by atoms with Gasteiger partial charge in [0.2, 0.25) is 11.9 Å². The topological polar surface area (TPSA) is 102 Å². The van der Waals surface area contributed by atoms with Crippen LogP contribution in [0.15, 0.2) is 16.8 Å². The van der Waals surface area contributed by atoms with Crippen molar-refractivity contribution in [2.45, 2.75) is 45.7 Å². The molecule has 7 heteroatoms. The van der Waals surface area contributed by atoms with Gasteiger partial charge in [-0.1, -0.05) is 19.0 Å². The fraction of sp³-hybridized carbons (Fsp3) is 0.727. The number of amides is 1. The maximum absolute atomic E-state index is 10.9. The van der Waals surface area contributed by atoms with Gasteiger partial charge >= 0.3 is 0 Å². The van der Waals surface area contributed by atoms with Crippen molar-refractivity contribution >= 4 is 5.91 Å². The first-order valence-electron chi connectivity index (χ1n) is 5.87. The third-order valence-electron chi connectivity index (χ3n) is 2.58. The lowest BCUT2D eigenvalue weighted by molar-refractivity contribution is -0.512. The van der Waals surface area contributed by atoms with E-state index in [4.69, 9.17) is 0 Å². The fourth-order valence-electron chi connectivity index (χ4n) is 1.63. The summed E-state index contributed by atoms with van der Waals surface area (Å²) in [5, 5.41) is 16.2. The van der Waals surface area contributed by atoms with Gasteiger partial charge in [0.05, 0.1) is 0 Å². The zero-order chi connectivity index (χ0) is 14.1. The second-order valence-corrected chi connectivity index (χ2v) is 3.91. The summed E-state index contributed by atoms with van der Waals surface area (Å²) < 4.78 is 0. The van der Waals surface area contributed by atoms with Crippen LogP contribution in [0, 0.1) is 15.0 Å². The number of nitrogens with one attached hydrogen (secondary N) is 1. The van der Waals surface area contributed by atoms with Crippen molar-refractivity contribution in [2.24, 2.45) is 5.18 Å². The zero-order valence-electron chi connectivity index (χ0n) is 10.9. The first-order valence-corrected chi connectivity index (χ1v) is 5.87. The minimum Gasteiger partial charge on any atom is -0.354 e. The molecule has 0 aromatic carbocycles. The molecule has 102 valence electrons. The van der Waals surface area contributed by atoms with Crippen molar-refractivity contribution in [1.29, 1.82) is 0 Å². The SMILES string of the molecule is CCC(=CC(CNC(C)=O)N=O)C(CC)[N+](=O)[O-]. The van der Waals surface area contributed by atoms with Crippen molar-refractivity contribution in [3.05, 3.63) is 26.7 Å². The summed E-state index contributed by atoms with van der Waals surface area (Å²) in [5.41, 5.74) is 0.567. The molecule has 0 saturated carbocycles. The lowest BCUT2D eigenvalue weighted by atomic mass is 10.0. The summed E-state index contributed by atoms with van der Waals surface area (Å²) in [6.07, 6.45) is 2.32. The first-order chi connectivity index (χ1) is 8.46. The Morgan fingerprint density at radius 2 is 2.11 bits per heavy atom. The molecule has 1 amide bonds. The number of hydrogen-bond acceptors (Lipinski definition) is 5. The first kappa shape index (κ1) is 16.2. The molecule has 0 aromatic rings. The second-order valence-electron chi connectivity index (χ2n) is 3.91. The van der Waals surface area contributed by atoms with Gasteiger partial charge in [0.1, 0.15) is 6.04 Å². The number of nitrogens with zero attached hydrogens (tertiary/aromatic N) is 2. The van der Waals surface area contributed by atoms with E-state index in [-0.39, 0.29) is 17.4 Å². The molecule has 1 N–H and O–H groups in total. The molecule has 0 aliphatic rings. The van der Waals surface area contributed by atoms with Crippen molar-refractivity contribution in [2.75, 3.05) is 6.54 Å². The molecule has 0 aliphatic heterocycles. The van der Waals surface area contributed by atoms with E-state index >= 15 is 0 Å². The number of nitro groups is 1. The summed E-state index contributed by atoms with van der Waals surface area (Å²) in [6, 6.07) is -1.56. The molecule has 0 aliphatic carbocycles. The monoisotopic (exact) mass is 257 g/mol. The zero-order valence-corrected chi connectivity index (χ0v) is 10.9. The van der Waals surface area contributed by atoms with E-state index in [1.54, 1.807) is 13.8 Å². The highest BCUT2D eigenvalue weighted by atomic mass is 16.6. The van der Waals surface area contributed by atoms with Gasteiger partial charge < -0.3 is 5.32 Å². The third kappa shape index (κ3) is 5.51. The van der Waals surface area contributed by atoms with Crippen molar-refractivity contribution in [3.63, 3.8) is 0 Å². The predicted octanol–water partition coefficient (Wildman–Crippen LogP) is 1.65. The van der Waals surface area contributed by atoms with Crippen LogP contribution in [-0.4, -0.2) is 29.5 Å². The van der Waals surface area contributed by atoms with Crippen molar-refractivity contribution in [1.82, 2.24) is 5.32 Å². The molecular formula is C11H19N3O4. The number of rotatable bonds is 8. The Labute approximate surface area is 106 Å². The van der Waals surface area contributed by atoms with Crippen LogP contribution in [0.3, 0.4) is 0 Å². The van der Waals surface area contributed by atoms with E-state index in [0.29, 0.717) is 18.4 Å². The summed E-state index contributed by atoms with van der Waals surface area (Å²) in [6.45, 7) is 4.90. The molecule has 2 atom stereocenters. The number of carbonyl (C=O) groups excluding carboxylic acids is 1. The normalized spacial score (nSPS) is 14.7. The lowest BCUT2D eigenvalue weighted by Crippen LogP contribution is -2.29. The minimum absolute atomic E-state index is 0.0660. The Kier molecular flexibility index (Phi) is 7.50. The molecule has 2 unspecified atom stereocenters. The van der Waals surface area contributed by atoms with Crippen LogP contribution in [-0.2, 0) is 4.79 Å². The molecule has 0 rings (SSSR count). The molecule has 0 bridgehead atoms. The van der Waals surface area contributed by atoms with E-state index in [1.165, 1.54) is 13.0 Å². The molecule has 0 aromatic heterocycles. The number of nitroso groups, excluding NO2 is 1. The van der Waals surface area contributed by atoms with E-state index in [1.807, 2.05) is 0 Å². The van der Waals surface area contributed by atoms with Crippen LogP contribution in [0.2, 0.25) is 0 Å². The molecule has 0 spiro atoms. The molecule has 0 radical (unpaired) electrons. The number of carbonyl (C=O) groups is 1. The summed E-state index contributed by atoms with van der Waals surface area (Å²) in [7, 11) is 0. The Hall–Kier alpha value is -1.79. The maximum Gasteiger partial charge on any atom is 0.233 e. The third-order valence-corrected chi connectivity index (χ3v) is 2.58. The van der Waals surface area contributed by atoms with E-state index < -0.39 is 12.1 Å². The highest BCUT2D eigenvalue weighted by molar-refractivity contribution is 5.72. The summed E-state index contributed by atoms with van der Waals surface area (Å²) in [4.78, 5) is 31.9. The highest BCUT2D eigenvalue weighted by Gasteiger charge is 2.23. The van der Waals surface area contributed by atoms with Crippen LogP contribution in [0.1, 0.15) is 33.6 Å². The van der Waals surface area contributed by atoms with Gasteiger partial charge in [0.25, 0.3) is 0 Å². The maximum atomic E-state index is 10.9. The molecule has 0 fully saturated rings. The lowest BCUT2D eigenvalue weighted by Gasteiger charge is -2.12. The largest absolute Gasteiger partial charge is 0.354 e. The number of hydrogen-bond donors (Lipinski definition) is 1. The molecule has 18 heavy (non-hydrogen) atoms. The van der Waals surface area contributed by atoms with Crippen LogP contribution in [0.4, 0.5) is 0 Å². The molecule has 7 nitrogen and oxygen atoms in total. The fourth-order valence-corrected chi connectivity index (χ4v) is 1.63. The highest BCUT2D eigenvalue weighted by Crippen LogP contribution is 2.15. The van der Waals surface area contributed by atoms with E-state index in [0.717, 1.165) is 0 Å². The van der Waals surface area contributed by atoms with Crippen LogP contribution in [0.5, 0.6) is 0 Å². The Morgan fingerprint density at radius 3 is 2.44 bits per heavy atom. The average Bonchev–Trinajstić information content (AvgIpc) is 2.32. The van der Waals surface area contributed by atoms with Crippen molar-refractivity contribution < 1.29 is 9.72 Å². The van der Waals surface area contributed by atoms with Gasteiger partial charge in [-0.05, 0) is 12.5 Å².